The maximum absolute atomic E-state index is 13.9. The van der Waals surface area contributed by atoms with Gasteiger partial charge in [-0.15, -0.1) is 0 Å². The molecule has 2 aromatic carbocycles. The summed E-state index contributed by atoms with van der Waals surface area (Å²) >= 11 is 3.42. The van der Waals surface area contributed by atoms with Crippen LogP contribution in [0.15, 0.2) is 46.9 Å². The minimum Gasteiger partial charge on any atom is -0.494 e. The maximum atomic E-state index is 13.9. The summed E-state index contributed by atoms with van der Waals surface area (Å²) < 4.78 is 19.9. The van der Waals surface area contributed by atoms with Crippen LogP contribution in [0.2, 0.25) is 0 Å². The minimum absolute atomic E-state index is 0.0338. The quantitative estimate of drug-likeness (QED) is 0.878. The summed E-state index contributed by atoms with van der Waals surface area (Å²) in [6.45, 7) is 2.83. The standard InChI is InChI=1S/C16H17BrFNO/c1-3-19-16(11-4-7-13(17)8-5-11)12-6-9-15(20-2)14(18)10-12/h4-10,16,19H,3H2,1-2H3. The van der Waals surface area contributed by atoms with Crippen LogP contribution in [0.3, 0.4) is 0 Å². The van der Waals surface area contributed by atoms with Crippen molar-refractivity contribution >= 4 is 15.9 Å². The first kappa shape index (κ1) is 15.0. The topological polar surface area (TPSA) is 21.3 Å². The molecule has 0 saturated heterocycles. The van der Waals surface area contributed by atoms with Gasteiger partial charge in [-0.25, -0.2) is 4.39 Å². The Morgan fingerprint density at radius 1 is 1.15 bits per heavy atom. The van der Waals surface area contributed by atoms with E-state index < -0.39 is 0 Å². The number of halogens is 2. The molecule has 0 fully saturated rings. The van der Waals surface area contributed by atoms with Crippen LogP contribution in [-0.2, 0) is 0 Å². The van der Waals surface area contributed by atoms with Gasteiger partial charge in [-0.05, 0) is 41.9 Å². The molecule has 1 unspecified atom stereocenters. The van der Waals surface area contributed by atoms with Crippen LogP contribution >= 0.6 is 15.9 Å². The van der Waals surface area contributed by atoms with Crippen molar-refractivity contribution in [1.29, 1.82) is 0 Å². The number of nitrogens with one attached hydrogen (secondary N) is 1. The largest absolute Gasteiger partial charge is 0.494 e. The summed E-state index contributed by atoms with van der Waals surface area (Å²) in [7, 11) is 1.47. The van der Waals surface area contributed by atoms with Crippen LogP contribution in [0.1, 0.15) is 24.1 Å². The molecule has 2 nitrogen and oxygen atoms in total. The highest BCUT2D eigenvalue weighted by molar-refractivity contribution is 9.10. The van der Waals surface area contributed by atoms with E-state index in [0.29, 0.717) is 0 Å². The van der Waals surface area contributed by atoms with Crippen molar-refractivity contribution in [3.8, 4) is 5.75 Å². The Morgan fingerprint density at radius 2 is 1.80 bits per heavy atom. The normalized spacial score (nSPS) is 12.2. The lowest BCUT2D eigenvalue weighted by molar-refractivity contribution is 0.385. The summed E-state index contributed by atoms with van der Waals surface area (Å²) in [4.78, 5) is 0. The maximum Gasteiger partial charge on any atom is 0.165 e. The molecule has 0 aromatic heterocycles. The number of ether oxygens (including phenoxy) is 1. The zero-order valence-electron chi connectivity index (χ0n) is 11.5. The molecule has 0 radical (unpaired) electrons. The predicted molar refractivity (Wildman–Crippen MR) is 82.6 cm³/mol. The second kappa shape index (κ2) is 6.86. The van der Waals surface area contributed by atoms with Crippen LogP contribution in [0.5, 0.6) is 5.75 Å². The van der Waals surface area contributed by atoms with E-state index in [4.69, 9.17) is 4.74 Å². The van der Waals surface area contributed by atoms with Crippen molar-refractivity contribution in [2.24, 2.45) is 0 Å². The molecule has 2 rings (SSSR count). The van der Waals surface area contributed by atoms with Gasteiger partial charge in [0.05, 0.1) is 13.2 Å². The molecule has 1 atom stereocenters. The van der Waals surface area contributed by atoms with Gasteiger partial charge in [0, 0.05) is 4.47 Å². The molecule has 1 N–H and O–H groups in total. The van der Waals surface area contributed by atoms with E-state index in [-0.39, 0.29) is 17.6 Å². The fraction of sp³-hybridized carbons (Fsp3) is 0.250. The van der Waals surface area contributed by atoms with Gasteiger partial charge in [0.2, 0.25) is 0 Å². The zero-order valence-corrected chi connectivity index (χ0v) is 13.1. The van der Waals surface area contributed by atoms with Gasteiger partial charge >= 0.3 is 0 Å². The van der Waals surface area contributed by atoms with E-state index in [1.165, 1.54) is 13.2 Å². The van der Waals surface area contributed by atoms with Crippen molar-refractivity contribution < 1.29 is 9.13 Å². The molecule has 0 amide bonds. The van der Waals surface area contributed by atoms with Gasteiger partial charge in [-0.2, -0.15) is 0 Å². The SMILES string of the molecule is CCNC(c1ccc(Br)cc1)c1ccc(OC)c(F)c1. The zero-order chi connectivity index (χ0) is 14.5. The number of hydrogen-bond donors (Lipinski definition) is 1. The van der Waals surface area contributed by atoms with Crippen LogP contribution in [-0.4, -0.2) is 13.7 Å². The minimum atomic E-state index is -0.343. The summed E-state index contributed by atoms with van der Waals surface area (Å²) in [5.74, 6) is -0.0789. The number of methoxy groups -OCH3 is 1. The molecule has 20 heavy (non-hydrogen) atoms. The Labute approximate surface area is 127 Å². The Bertz CT molecular complexity index is 571. The lowest BCUT2D eigenvalue weighted by Crippen LogP contribution is -2.22. The second-order valence-corrected chi connectivity index (χ2v) is 5.35. The van der Waals surface area contributed by atoms with E-state index in [9.17, 15) is 4.39 Å². The Balaban J connectivity index is 2.37. The third-order valence-electron chi connectivity index (χ3n) is 3.12. The molecule has 0 bridgehead atoms. The Morgan fingerprint density at radius 3 is 2.35 bits per heavy atom. The average Bonchev–Trinajstić information content (AvgIpc) is 2.46. The number of hydrogen-bond acceptors (Lipinski definition) is 2. The smallest absolute Gasteiger partial charge is 0.165 e. The first-order valence-corrected chi connectivity index (χ1v) is 7.27. The summed E-state index contributed by atoms with van der Waals surface area (Å²) in [5.41, 5.74) is 1.98. The van der Waals surface area contributed by atoms with E-state index in [1.54, 1.807) is 6.07 Å². The second-order valence-electron chi connectivity index (χ2n) is 4.44. The first-order chi connectivity index (χ1) is 9.65. The molecule has 0 aliphatic carbocycles. The van der Waals surface area contributed by atoms with Crippen molar-refractivity contribution in [2.45, 2.75) is 13.0 Å². The van der Waals surface area contributed by atoms with Crippen molar-refractivity contribution in [2.75, 3.05) is 13.7 Å². The summed E-state index contributed by atoms with van der Waals surface area (Å²) in [5, 5.41) is 3.38. The van der Waals surface area contributed by atoms with Crippen molar-refractivity contribution in [1.82, 2.24) is 5.32 Å². The fourth-order valence-corrected chi connectivity index (χ4v) is 2.41. The van der Waals surface area contributed by atoms with E-state index >= 15 is 0 Å². The predicted octanol–water partition coefficient (Wildman–Crippen LogP) is 4.30. The average molecular weight is 338 g/mol. The van der Waals surface area contributed by atoms with Gasteiger partial charge in [-0.3, -0.25) is 0 Å². The van der Waals surface area contributed by atoms with Gasteiger partial charge in [-0.1, -0.05) is 41.1 Å². The van der Waals surface area contributed by atoms with Crippen molar-refractivity contribution in [3.63, 3.8) is 0 Å². The highest BCUT2D eigenvalue weighted by atomic mass is 79.9. The fourth-order valence-electron chi connectivity index (χ4n) is 2.15. The lowest BCUT2D eigenvalue weighted by atomic mass is 9.98. The molecule has 0 spiro atoms. The molecule has 0 heterocycles. The molecule has 0 aliphatic rings. The third kappa shape index (κ3) is 3.38. The number of benzene rings is 2. The van der Waals surface area contributed by atoms with E-state index in [1.807, 2.05) is 37.3 Å². The first-order valence-electron chi connectivity index (χ1n) is 6.48. The highest BCUT2D eigenvalue weighted by Crippen LogP contribution is 2.27. The van der Waals surface area contributed by atoms with Crippen LogP contribution in [0, 0.1) is 5.82 Å². The molecule has 4 heteroatoms. The molecule has 0 saturated carbocycles. The molecule has 2 aromatic rings. The lowest BCUT2D eigenvalue weighted by Gasteiger charge is -2.19. The number of rotatable bonds is 5. The highest BCUT2D eigenvalue weighted by Gasteiger charge is 2.15. The summed E-state index contributed by atoms with van der Waals surface area (Å²) in [6, 6.07) is 13.1. The third-order valence-corrected chi connectivity index (χ3v) is 3.65. The van der Waals surface area contributed by atoms with Gasteiger partial charge < -0.3 is 10.1 Å². The van der Waals surface area contributed by atoms with Gasteiger partial charge in [0.1, 0.15) is 0 Å². The van der Waals surface area contributed by atoms with Gasteiger partial charge in [0.25, 0.3) is 0 Å². The summed E-state index contributed by atoms with van der Waals surface area (Å²) in [6.07, 6.45) is 0. The Kier molecular flexibility index (Phi) is 5.15. The van der Waals surface area contributed by atoms with Crippen LogP contribution < -0.4 is 10.1 Å². The van der Waals surface area contributed by atoms with Crippen LogP contribution in [0.25, 0.3) is 0 Å². The van der Waals surface area contributed by atoms with E-state index in [2.05, 4.69) is 21.2 Å². The Hall–Kier alpha value is -1.39. The van der Waals surface area contributed by atoms with Gasteiger partial charge in [0.15, 0.2) is 11.6 Å². The molecular formula is C16H17BrFNO. The van der Waals surface area contributed by atoms with E-state index in [0.717, 1.165) is 22.1 Å². The molecule has 106 valence electrons. The van der Waals surface area contributed by atoms with Crippen molar-refractivity contribution in [3.05, 3.63) is 63.9 Å². The molecule has 0 aliphatic heterocycles. The van der Waals surface area contributed by atoms with Crippen LogP contribution in [0.4, 0.5) is 4.39 Å². The monoisotopic (exact) mass is 337 g/mol. The molecular weight excluding hydrogens is 321 g/mol.